The molecule has 0 aliphatic heterocycles. The predicted octanol–water partition coefficient (Wildman–Crippen LogP) is 1.98. The number of pyridine rings is 1. The van der Waals surface area contributed by atoms with Gasteiger partial charge in [-0.2, -0.15) is 0 Å². The van der Waals surface area contributed by atoms with Gasteiger partial charge in [0.15, 0.2) is 0 Å². The van der Waals surface area contributed by atoms with Gasteiger partial charge in [-0.3, -0.25) is 0 Å². The number of hydrogen-bond acceptors (Lipinski definition) is 3. The first-order chi connectivity index (χ1) is 4.79. The zero-order chi connectivity index (χ0) is 7.40. The molecule has 0 amide bonds. The van der Waals surface area contributed by atoms with Gasteiger partial charge in [0.05, 0.1) is 0 Å². The monoisotopic (exact) mass is 173 g/mol. The molecule has 0 aliphatic rings. The van der Waals surface area contributed by atoms with E-state index in [1.165, 1.54) is 0 Å². The molecule has 0 aromatic carbocycles. The van der Waals surface area contributed by atoms with Gasteiger partial charge in [-0.15, -0.1) is 0 Å². The van der Waals surface area contributed by atoms with Crippen molar-refractivity contribution in [3.05, 3.63) is 24.4 Å². The molecular formula is C6H4ClNOS. The molecule has 52 valence electrons. The Morgan fingerprint density at radius 1 is 1.60 bits per heavy atom. The first-order valence-electron chi connectivity index (χ1n) is 2.57. The largest absolute Gasteiger partial charge is 0.417 e. The minimum Gasteiger partial charge on any atom is -0.417 e. The Labute approximate surface area is 68.8 Å². The number of hydrogen-bond donors (Lipinski definition) is 0. The second-order valence-corrected chi connectivity index (χ2v) is 2.45. The minimum atomic E-state index is -0.0429. The first kappa shape index (κ1) is 7.44. The van der Waals surface area contributed by atoms with Crippen LogP contribution in [0.15, 0.2) is 24.4 Å². The SMILES string of the molecule is S=C(Cl)Oc1ccccn1. The molecule has 0 saturated heterocycles. The van der Waals surface area contributed by atoms with E-state index < -0.39 is 0 Å². The highest BCUT2D eigenvalue weighted by Crippen LogP contribution is 2.04. The van der Waals surface area contributed by atoms with E-state index in [1.54, 1.807) is 24.4 Å². The smallest absolute Gasteiger partial charge is 0.262 e. The van der Waals surface area contributed by atoms with Gasteiger partial charge < -0.3 is 4.74 Å². The summed E-state index contributed by atoms with van der Waals surface area (Å²) in [5, 5.41) is 0. The second-order valence-electron chi connectivity index (χ2n) is 1.51. The van der Waals surface area contributed by atoms with Gasteiger partial charge in [0.2, 0.25) is 5.88 Å². The average Bonchev–Trinajstić information content (AvgIpc) is 1.88. The summed E-state index contributed by atoms with van der Waals surface area (Å²) >= 11 is 9.76. The van der Waals surface area contributed by atoms with Crippen molar-refractivity contribution in [1.29, 1.82) is 0 Å². The van der Waals surface area contributed by atoms with Gasteiger partial charge in [0.25, 0.3) is 4.51 Å². The van der Waals surface area contributed by atoms with Gasteiger partial charge in [0.1, 0.15) is 0 Å². The third-order valence-corrected chi connectivity index (χ3v) is 0.983. The van der Waals surface area contributed by atoms with Crippen molar-refractivity contribution >= 4 is 28.3 Å². The molecule has 2 nitrogen and oxygen atoms in total. The van der Waals surface area contributed by atoms with Crippen LogP contribution in [-0.4, -0.2) is 9.49 Å². The molecule has 1 rings (SSSR count). The molecule has 0 saturated carbocycles. The maximum Gasteiger partial charge on any atom is 0.262 e. The molecule has 1 aromatic heterocycles. The zero-order valence-electron chi connectivity index (χ0n) is 4.95. The number of halogens is 1. The quantitative estimate of drug-likeness (QED) is 0.479. The lowest BCUT2D eigenvalue weighted by Crippen LogP contribution is -1.96. The Hall–Kier alpha value is -0.670. The molecule has 0 fully saturated rings. The fourth-order valence-electron chi connectivity index (χ4n) is 0.490. The second kappa shape index (κ2) is 3.49. The fourth-order valence-corrected chi connectivity index (χ4v) is 0.654. The summed E-state index contributed by atoms with van der Waals surface area (Å²) < 4.78 is 4.76. The van der Waals surface area contributed by atoms with Crippen LogP contribution >= 0.6 is 23.8 Å². The number of aromatic nitrogens is 1. The molecule has 4 heteroatoms. The highest BCUT2D eigenvalue weighted by Gasteiger charge is 1.93. The molecule has 0 atom stereocenters. The standard InChI is InChI=1S/C6H4ClNOS/c7-6(10)9-5-3-1-2-4-8-5/h1-4H. The lowest BCUT2D eigenvalue weighted by atomic mass is 10.5. The van der Waals surface area contributed by atoms with Gasteiger partial charge >= 0.3 is 0 Å². The topological polar surface area (TPSA) is 22.1 Å². The number of thiocarbonyl (C=S) groups is 1. The highest BCUT2D eigenvalue weighted by atomic mass is 35.5. The van der Waals surface area contributed by atoms with E-state index in [0.29, 0.717) is 5.88 Å². The van der Waals surface area contributed by atoms with Crippen LogP contribution in [0.25, 0.3) is 0 Å². The lowest BCUT2D eigenvalue weighted by molar-refractivity contribution is 0.552. The van der Waals surface area contributed by atoms with Gasteiger partial charge in [-0.05, 0) is 29.9 Å². The molecule has 10 heavy (non-hydrogen) atoms. The Balaban J connectivity index is 2.67. The Kier molecular flexibility index (Phi) is 2.59. The molecule has 1 aromatic rings. The fraction of sp³-hybridized carbons (Fsp3) is 0. The van der Waals surface area contributed by atoms with Crippen LogP contribution in [0.5, 0.6) is 5.88 Å². The van der Waals surface area contributed by atoms with Crippen molar-refractivity contribution < 1.29 is 4.74 Å². The van der Waals surface area contributed by atoms with E-state index in [2.05, 4.69) is 17.2 Å². The van der Waals surface area contributed by atoms with Crippen molar-refractivity contribution in [3.63, 3.8) is 0 Å². The third kappa shape index (κ3) is 2.29. The van der Waals surface area contributed by atoms with Crippen LogP contribution in [-0.2, 0) is 0 Å². The molecule has 1 heterocycles. The van der Waals surface area contributed by atoms with E-state index in [-0.39, 0.29) is 4.51 Å². The van der Waals surface area contributed by atoms with Crippen molar-refractivity contribution in [1.82, 2.24) is 4.98 Å². The van der Waals surface area contributed by atoms with E-state index in [1.807, 2.05) is 0 Å². The zero-order valence-corrected chi connectivity index (χ0v) is 6.52. The van der Waals surface area contributed by atoms with Crippen LogP contribution in [0.1, 0.15) is 0 Å². The van der Waals surface area contributed by atoms with Crippen molar-refractivity contribution in [3.8, 4) is 5.88 Å². The first-order valence-corrected chi connectivity index (χ1v) is 3.36. The summed E-state index contributed by atoms with van der Waals surface area (Å²) in [5.41, 5.74) is 0. The molecule has 0 N–H and O–H groups in total. The molecular weight excluding hydrogens is 170 g/mol. The summed E-state index contributed by atoms with van der Waals surface area (Å²) in [6.07, 6.45) is 1.60. The minimum absolute atomic E-state index is 0.0429. The van der Waals surface area contributed by atoms with Crippen LogP contribution in [0.4, 0.5) is 0 Å². The van der Waals surface area contributed by atoms with Gasteiger partial charge in [-0.1, -0.05) is 6.07 Å². The van der Waals surface area contributed by atoms with Crippen molar-refractivity contribution in [2.24, 2.45) is 0 Å². The maximum absolute atomic E-state index is 5.28. The number of ether oxygens (including phenoxy) is 1. The van der Waals surface area contributed by atoms with Gasteiger partial charge in [0, 0.05) is 12.3 Å². The molecule has 0 unspecified atom stereocenters. The molecule has 0 bridgehead atoms. The predicted molar refractivity (Wildman–Crippen MR) is 43.3 cm³/mol. The normalized spacial score (nSPS) is 8.90. The summed E-state index contributed by atoms with van der Waals surface area (Å²) in [5.74, 6) is 0.419. The van der Waals surface area contributed by atoms with Crippen LogP contribution in [0, 0.1) is 0 Å². The Bertz CT molecular complexity index is 226. The van der Waals surface area contributed by atoms with Crippen LogP contribution < -0.4 is 4.74 Å². The van der Waals surface area contributed by atoms with Crippen LogP contribution in [0.2, 0.25) is 0 Å². The summed E-state index contributed by atoms with van der Waals surface area (Å²) in [4.78, 5) is 3.82. The average molecular weight is 174 g/mol. The maximum atomic E-state index is 5.28. The summed E-state index contributed by atoms with van der Waals surface area (Å²) in [7, 11) is 0. The van der Waals surface area contributed by atoms with Gasteiger partial charge in [-0.25, -0.2) is 4.98 Å². The summed E-state index contributed by atoms with van der Waals surface area (Å²) in [6.45, 7) is 0. The third-order valence-electron chi connectivity index (χ3n) is 0.823. The summed E-state index contributed by atoms with van der Waals surface area (Å²) in [6, 6.07) is 5.25. The Morgan fingerprint density at radius 2 is 2.40 bits per heavy atom. The van der Waals surface area contributed by atoms with E-state index in [0.717, 1.165) is 0 Å². The number of rotatable bonds is 1. The highest BCUT2D eigenvalue weighted by molar-refractivity contribution is 7.82. The lowest BCUT2D eigenvalue weighted by Gasteiger charge is -1.96. The molecule has 0 radical (unpaired) electrons. The van der Waals surface area contributed by atoms with E-state index in [9.17, 15) is 0 Å². The van der Waals surface area contributed by atoms with E-state index >= 15 is 0 Å². The Morgan fingerprint density at radius 3 is 2.90 bits per heavy atom. The van der Waals surface area contributed by atoms with Crippen molar-refractivity contribution in [2.45, 2.75) is 0 Å². The van der Waals surface area contributed by atoms with Crippen LogP contribution in [0.3, 0.4) is 0 Å². The molecule has 0 aliphatic carbocycles. The number of nitrogens with zero attached hydrogens (tertiary/aromatic N) is 1. The van der Waals surface area contributed by atoms with E-state index in [4.69, 9.17) is 16.3 Å². The van der Waals surface area contributed by atoms with Crippen molar-refractivity contribution in [2.75, 3.05) is 0 Å². The molecule has 0 spiro atoms.